The average molecular weight is 371 g/mol. The second-order valence-corrected chi connectivity index (χ2v) is 6.47. The Balaban J connectivity index is 2.34. The summed E-state index contributed by atoms with van der Waals surface area (Å²) in [6.07, 6.45) is 7.08. The van der Waals surface area contributed by atoms with E-state index in [1.807, 2.05) is 0 Å². The number of benzene rings is 1. The van der Waals surface area contributed by atoms with Gasteiger partial charge in [-0.25, -0.2) is 0 Å². The molecule has 0 spiro atoms. The van der Waals surface area contributed by atoms with Crippen molar-refractivity contribution in [3.05, 3.63) is 21.7 Å². The van der Waals surface area contributed by atoms with Crippen molar-refractivity contribution >= 4 is 23.9 Å². The molecule has 0 saturated heterocycles. The smallest absolute Gasteiger partial charge is 0.305 e. The van der Waals surface area contributed by atoms with E-state index in [2.05, 4.69) is 0 Å². The lowest BCUT2D eigenvalue weighted by Crippen LogP contribution is -2.03. The number of rotatable bonds is 11. The third-order valence-electron chi connectivity index (χ3n) is 4.26. The van der Waals surface area contributed by atoms with E-state index in [0.29, 0.717) is 36.9 Å². The molecule has 0 aromatic heterocycles. The zero-order chi connectivity index (χ0) is 18.8. The number of aromatic hydroxyl groups is 2. The van der Waals surface area contributed by atoms with Crippen LogP contribution in [0.25, 0.3) is 0 Å². The number of hydrogen-bond acceptors (Lipinski definition) is 5. The maximum absolute atomic E-state index is 11.1. The Labute approximate surface area is 154 Å². The highest BCUT2D eigenvalue weighted by Gasteiger charge is 2.19. The molecule has 0 aliphatic rings. The number of phenolic OH excluding ortho intramolecular Hbond substituents is 2. The molecule has 5 nitrogen and oxygen atoms in total. The summed E-state index contributed by atoms with van der Waals surface area (Å²) in [6.45, 7) is 3.84. The Hall–Kier alpha value is -1.75. The van der Waals surface area contributed by atoms with Gasteiger partial charge >= 0.3 is 5.97 Å². The molecule has 0 saturated carbocycles. The molecule has 1 aromatic carbocycles. The Kier molecular flexibility index (Phi) is 9.35. The molecule has 6 heteroatoms. The predicted octanol–water partition coefficient (Wildman–Crippen LogP) is 4.71. The van der Waals surface area contributed by atoms with Gasteiger partial charge in [-0.15, -0.1) is 0 Å². The van der Waals surface area contributed by atoms with Crippen molar-refractivity contribution in [1.29, 1.82) is 0 Å². The van der Waals surface area contributed by atoms with Crippen LogP contribution in [-0.4, -0.2) is 29.1 Å². The number of halogens is 1. The van der Waals surface area contributed by atoms with Crippen LogP contribution in [0.3, 0.4) is 0 Å². The Morgan fingerprint density at radius 1 is 1.08 bits per heavy atom. The number of unbranched alkanes of at least 4 members (excludes halogenated alkanes) is 5. The van der Waals surface area contributed by atoms with Gasteiger partial charge in [-0.3, -0.25) is 9.59 Å². The number of ether oxygens (including phenoxy) is 1. The van der Waals surface area contributed by atoms with E-state index in [4.69, 9.17) is 16.3 Å². The number of aldehydes is 1. The van der Waals surface area contributed by atoms with Crippen LogP contribution in [0.15, 0.2) is 0 Å². The van der Waals surface area contributed by atoms with E-state index in [9.17, 15) is 19.8 Å². The highest BCUT2D eigenvalue weighted by molar-refractivity contribution is 6.33. The number of carbonyl (C=O) groups excluding carboxylic acids is 2. The fourth-order valence-corrected chi connectivity index (χ4v) is 2.88. The summed E-state index contributed by atoms with van der Waals surface area (Å²) in [7, 11) is 0. The van der Waals surface area contributed by atoms with Gasteiger partial charge in [0.15, 0.2) is 6.29 Å². The summed E-state index contributed by atoms with van der Waals surface area (Å²) >= 11 is 6.03. The second-order valence-electron chi connectivity index (χ2n) is 6.09. The minimum absolute atomic E-state index is 0.122. The van der Waals surface area contributed by atoms with Crippen LogP contribution in [0.4, 0.5) is 0 Å². The van der Waals surface area contributed by atoms with Gasteiger partial charge in [0.05, 0.1) is 17.2 Å². The first-order chi connectivity index (χ1) is 11.9. The van der Waals surface area contributed by atoms with Crippen LogP contribution in [-0.2, 0) is 16.0 Å². The van der Waals surface area contributed by atoms with Gasteiger partial charge in [0, 0.05) is 12.0 Å². The van der Waals surface area contributed by atoms with Crippen LogP contribution < -0.4 is 0 Å². The molecule has 0 unspecified atom stereocenters. The van der Waals surface area contributed by atoms with Crippen LogP contribution in [0.2, 0.25) is 5.02 Å². The van der Waals surface area contributed by atoms with E-state index in [1.165, 1.54) is 0 Å². The zero-order valence-corrected chi connectivity index (χ0v) is 15.7. The minimum atomic E-state index is -0.174. The van der Waals surface area contributed by atoms with E-state index in [1.54, 1.807) is 13.8 Å². The lowest BCUT2D eigenvalue weighted by molar-refractivity contribution is -0.143. The number of hydrogen-bond donors (Lipinski definition) is 2. The van der Waals surface area contributed by atoms with Gasteiger partial charge < -0.3 is 14.9 Å². The molecule has 25 heavy (non-hydrogen) atoms. The maximum atomic E-state index is 11.1. The van der Waals surface area contributed by atoms with Crippen molar-refractivity contribution in [3.63, 3.8) is 0 Å². The van der Waals surface area contributed by atoms with Crippen molar-refractivity contribution < 1.29 is 24.5 Å². The van der Waals surface area contributed by atoms with Gasteiger partial charge in [-0.05, 0) is 31.7 Å². The highest BCUT2D eigenvalue weighted by atomic mass is 35.5. The van der Waals surface area contributed by atoms with E-state index in [0.717, 1.165) is 38.5 Å². The first-order valence-corrected chi connectivity index (χ1v) is 9.15. The van der Waals surface area contributed by atoms with Crippen molar-refractivity contribution in [3.8, 4) is 11.5 Å². The molecule has 0 bridgehead atoms. The fraction of sp³-hybridized carbons (Fsp3) is 0.579. The zero-order valence-electron chi connectivity index (χ0n) is 14.9. The summed E-state index contributed by atoms with van der Waals surface area (Å²) < 4.78 is 5.01. The summed E-state index contributed by atoms with van der Waals surface area (Å²) in [5, 5.41) is 20.4. The molecule has 140 valence electrons. The molecule has 0 fully saturated rings. The largest absolute Gasteiger partial charge is 0.507 e. The van der Waals surface area contributed by atoms with Crippen molar-refractivity contribution in [1.82, 2.24) is 0 Å². The lowest BCUT2D eigenvalue weighted by atomic mass is 9.98. The average Bonchev–Trinajstić information content (AvgIpc) is 2.61. The topological polar surface area (TPSA) is 83.8 Å². The quantitative estimate of drug-likeness (QED) is 0.335. The van der Waals surface area contributed by atoms with Gasteiger partial charge in [-0.1, -0.05) is 44.2 Å². The third-order valence-corrected chi connectivity index (χ3v) is 4.72. The van der Waals surface area contributed by atoms with Crippen LogP contribution >= 0.6 is 11.6 Å². The molecule has 0 atom stereocenters. The van der Waals surface area contributed by atoms with Crippen LogP contribution in [0.1, 0.15) is 73.4 Å². The summed E-state index contributed by atoms with van der Waals surface area (Å²) in [5.41, 5.74) is 0.864. The molecule has 1 aromatic rings. The Bertz CT molecular complexity index is 598. The molecule has 0 amide bonds. The van der Waals surface area contributed by atoms with Gasteiger partial charge in [0.1, 0.15) is 11.5 Å². The van der Waals surface area contributed by atoms with E-state index in [-0.39, 0.29) is 28.1 Å². The minimum Gasteiger partial charge on any atom is -0.507 e. The first-order valence-electron chi connectivity index (χ1n) is 8.77. The summed E-state index contributed by atoms with van der Waals surface area (Å²) in [5.74, 6) is -0.474. The van der Waals surface area contributed by atoms with Crippen molar-refractivity contribution in [2.24, 2.45) is 0 Å². The SMILES string of the molecule is CCC(=O)OCCCCCCCCc1c(O)c(Cl)c(C)c(C=O)c1O. The van der Waals surface area contributed by atoms with Gasteiger partial charge in [-0.2, -0.15) is 0 Å². The van der Waals surface area contributed by atoms with Crippen LogP contribution in [0, 0.1) is 6.92 Å². The summed E-state index contributed by atoms with van der Waals surface area (Å²) in [4.78, 5) is 22.1. The van der Waals surface area contributed by atoms with Gasteiger partial charge in [0.2, 0.25) is 0 Å². The monoisotopic (exact) mass is 370 g/mol. The molecule has 0 aliphatic heterocycles. The van der Waals surface area contributed by atoms with Crippen molar-refractivity contribution in [2.75, 3.05) is 6.61 Å². The fourth-order valence-electron chi connectivity index (χ4n) is 2.66. The maximum Gasteiger partial charge on any atom is 0.305 e. The van der Waals surface area contributed by atoms with Gasteiger partial charge in [0.25, 0.3) is 0 Å². The van der Waals surface area contributed by atoms with E-state index < -0.39 is 0 Å². The summed E-state index contributed by atoms with van der Waals surface area (Å²) in [6, 6.07) is 0. The first kappa shape index (κ1) is 21.3. The van der Waals surface area contributed by atoms with Crippen LogP contribution in [0.5, 0.6) is 11.5 Å². The Morgan fingerprint density at radius 3 is 2.28 bits per heavy atom. The number of carbonyl (C=O) groups is 2. The molecular formula is C19H27ClO5. The number of phenols is 2. The molecule has 1 rings (SSSR count). The molecule has 0 aliphatic carbocycles. The second kappa shape index (κ2) is 11.0. The highest BCUT2D eigenvalue weighted by Crippen LogP contribution is 2.40. The van der Waals surface area contributed by atoms with Crippen molar-refractivity contribution in [2.45, 2.75) is 65.2 Å². The normalized spacial score (nSPS) is 10.7. The Morgan fingerprint density at radius 2 is 1.68 bits per heavy atom. The molecular weight excluding hydrogens is 344 g/mol. The molecule has 2 N–H and O–H groups in total. The molecule has 0 heterocycles. The predicted molar refractivity (Wildman–Crippen MR) is 97.6 cm³/mol. The standard InChI is InChI=1S/C19H27ClO5/c1-3-16(22)25-11-9-7-5-4-6-8-10-14-18(23)15(12-21)13(2)17(20)19(14)24/h12,23-24H,3-11H2,1-2H3. The third kappa shape index (κ3) is 6.24. The molecule has 0 radical (unpaired) electrons. The lowest BCUT2D eigenvalue weighted by Gasteiger charge is -2.13. The number of esters is 1. The van der Waals surface area contributed by atoms with E-state index >= 15 is 0 Å².